The fourth-order valence-corrected chi connectivity index (χ4v) is 2.82. The van der Waals surface area contributed by atoms with Crippen LogP contribution in [0.2, 0.25) is 5.02 Å². The van der Waals surface area contributed by atoms with Crippen molar-refractivity contribution in [3.05, 3.63) is 50.9 Å². The van der Waals surface area contributed by atoms with E-state index in [-0.39, 0.29) is 6.04 Å². The fraction of sp³-hybridized carbons (Fsp3) is 0.357. The Labute approximate surface area is 117 Å². The minimum absolute atomic E-state index is 0.168. The third kappa shape index (κ3) is 3.31. The van der Waals surface area contributed by atoms with E-state index in [0.717, 1.165) is 28.7 Å². The summed E-state index contributed by atoms with van der Waals surface area (Å²) >= 11 is 7.64. The predicted octanol–water partition coefficient (Wildman–Crippen LogP) is 4.19. The van der Waals surface area contributed by atoms with E-state index in [1.54, 1.807) is 11.3 Å². The van der Waals surface area contributed by atoms with Gasteiger partial charge in [0.2, 0.25) is 0 Å². The zero-order chi connectivity index (χ0) is 13.0. The molecule has 1 unspecified atom stereocenters. The molecule has 0 radical (unpaired) electrons. The van der Waals surface area contributed by atoms with Crippen LogP contribution in [0.4, 0.5) is 0 Å². The number of nitrogens with one attached hydrogen (secondary N) is 1. The van der Waals surface area contributed by atoms with Gasteiger partial charge in [0.25, 0.3) is 0 Å². The summed E-state index contributed by atoms with van der Waals surface area (Å²) in [6, 6.07) is 8.15. The molecule has 0 bridgehead atoms. The maximum atomic E-state index is 5.94. The van der Waals surface area contributed by atoms with Gasteiger partial charge >= 0.3 is 0 Å². The van der Waals surface area contributed by atoms with Gasteiger partial charge in [-0.2, -0.15) is 0 Å². The highest BCUT2D eigenvalue weighted by atomic mass is 35.5. The van der Waals surface area contributed by atoms with E-state index in [1.807, 2.05) is 19.1 Å². The number of rotatable bonds is 5. The van der Waals surface area contributed by atoms with Gasteiger partial charge in [-0.1, -0.05) is 30.7 Å². The first kappa shape index (κ1) is 13.5. The van der Waals surface area contributed by atoms with E-state index in [9.17, 15) is 0 Å². The summed E-state index contributed by atoms with van der Waals surface area (Å²) in [5, 5.41) is 7.51. The quantitative estimate of drug-likeness (QED) is 0.888. The van der Waals surface area contributed by atoms with E-state index in [2.05, 4.69) is 34.7 Å². The van der Waals surface area contributed by atoms with Crippen molar-refractivity contribution in [2.24, 2.45) is 0 Å². The normalized spacial score (nSPS) is 12.6. The Balaban J connectivity index is 2.27. The number of hydrogen-bond donors (Lipinski definition) is 1. The first-order chi connectivity index (χ1) is 8.70. The molecule has 2 nitrogen and oxygen atoms in total. The van der Waals surface area contributed by atoms with Crippen LogP contribution in [0, 0.1) is 6.92 Å². The van der Waals surface area contributed by atoms with Gasteiger partial charge in [-0.3, -0.25) is 0 Å². The molecule has 0 spiro atoms. The van der Waals surface area contributed by atoms with Gasteiger partial charge in [0, 0.05) is 16.1 Å². The van der Waals surface area contributed by atoms with E-state index in [0.29, 0.717) is 0 Å². The average Bonchev–Trinajstić information content (AvgIpc) is 2.78. The predicted molar refractivity (Wildman–Crippen MR) is 78.4 cm³/mol. The molecule has 1 aromatic carbocycles. The first-order valence-electron chi connectivity index (χ1n) is 6.11. The second kappa shape index (κ2) is 6.32. The van der Waals surface area contributed by atoms with Crippen molar-refractivity contribution in [1.29, 1.82) is 0 Å². The lowest BCUT2D eigenvalue weighted by atomic mass is 10.1. The molecule has 0 saturated carbocycles. The van der Waals surface area contributed by atoms with Crippen LogP contribution in [0.25, 0.3) is 0 Å². The van der Waals surface area contributed by atoms with Gasteiger partial charge in [0.05, 0.1) is 6.04 Å². The maximum Gasteiger partial charge on any atom is 0.114 e. The van der Waals surface area contributed by atoms with Crippen molar-refractivity contribution in [1.82, 2.24) is 10.3 Å². The second-order valence-electron chi connectivity index (χ2n) is 4.27. The molecule has 0 saturated heterocycles. The van der Waals surface area contributed by atoms with E-state index in [4.69, 9.17) is 11.6 Å². The van der Waals surface area contributed by atoms with Crippen LogP contribution in [0.5, 0.6) is 0 Å². The molecule has 1 N–H and O–H groups in total. The van der Waals surface area contributed by atoms with Crippen LogP contribution in [-0.4, -0.2) is 11.5 Å². The SMILES string of the molecule is CCCNC(c1ccc(Cl)cc1)c1nc(C)cs1. The number of benzene rings is 1. The summed E-state index contributed by atoms with van der Waals surface area (Å²) in [6.07, 6.45) is 1.11. The zero-order valence-corrected chi connectivity index (χ0v) is 12.2. The molecule has 96 valence electrons. The molecule has 18 heavy (non-hydrogen) atoms. The van der Waals surface area contributed by atoms with Gasteiger partial charge in [0.15, 0.2) is 0 Å². The Bertz CT molecular complexity index is 493. The second-order valence-corrected chi connectivity index (χ2v) is 5.59. The summed E-state index contributed by atoms with van der Waals surface area (Å²) in [5.41, 5.74) is 2.29. The van der Waals surface area contributed by atoms with Crippen molar-refractivity contribution in [2.75, 3.05) is 6.54 Å². The topological polar surface area (TPSA) is 24.9 Å². The molecule has 2 rings (SSSR count). The third-order valence-electron chi connectivity index (χ3n) is 2.69. The molecular weight excluding hydrogens is 264 g/mol. The first-order valence-corrected chi connectivity index (χ1v) is 7.37. The van der Waals surface area contributed by atoms with Gasteiger partial charge in [-0.15, -0.1) is 11.3 Å². The monoisotopic (exact) mass is 280 g/mol. The molecule has 1 atom stereocenters. The molecule has 4 heteroatoms. The third-order valence-corrected chi connectivity index (χ3v) is 3.96. The Kier molecular flexibility index (Phi) is 4.75. The average molecular weight is 281 g/mol. The van der Waals surface area contributed by atoms with Crippen molar-refractivity contribution in [3.8, 4) is 0 Å². The Morgan fingerprint density at radius 3 is 2.61 bits per heavy atom. The maximum absolute atomic E-state index is 5.94. The van der Waals surface area contributed by atoms with Gasteiger partial charge in [0.1, 0.15) is 5.01 Å². The lowest BCUT2D eigenvalue weighted by molar-refractivity contribution is 0.595. The van der Waals surface area contributed by atoms with Crippen LogP contribution < -0.4 is 5.32 Å². The van der Waals surface area contributed by atoms with Crippen molar-refractivity contribution >= 4 is 22.9 Å². The zero-order valence-electron chi connectivity index (χ0n) is 10.6. The summed E-state index contributed by atoms with van der Waals surface area (Å²) in [7, 11) is 0. The number of hydrogen-bond acceptors (Lipinski definition) is 3. The van der Waals surface area contributed by atoms with Crippen LogP contribution >= 0.6 is 22.9 Å². The molecule has 0 aliphatic carbocycles. The van der Waals surface area contributed by atoms with E-state index < -0.39 is 0 Å². The number of thiazole rings is 1. The number of aromatic nitrogens is 1. The summed E-state index contributed by atoms with van der Waals surface area (Å²) in [5.74, 6) is 0. The number of aryl methyl sites for hydroxylation is 1. The van der Waals surface area contributed by atoms with Crippen molar-refractivity contribution in [2.45, 2.75) is 26.3 Å². The highest BCUT2D eigenvalue weighted by molar-refractivity contribution is 7.09. The highest BCUT2D eigenvalue weighted by Crippen LogP contribution is 2.26. The molecule has 0 aliphatic heterocycles. The Hall–Kier alpha value is -0.900. The molecule has 0 fully saturated rings. The molecule has 1 aromatic heterocycles. The van der Waals surface area contributed by atoms with Gasteiger partial charge < -0.3 is 5.32 Å². The van der Waals surface area contributed by atoms with Crippen molar-refractivity contribution in [3.63, 3.8) is 0 Å². The van der Waals surface area contributed by atoms with E-state index >= 15 is 0 Å². The summed E-state index contributed by atoms with van der Waals surface area (Å²) < 4.78 is 0. The Morgan fingerprint density at radius 2 is 2.06 bits per heavy atom. The van der Waals surface area contributed by atoms with Crippen LogP contribution in [-0.2, 0) is 0 Å². The van der Waals surface area contributed by atoms with E-state index in [1.165, 1.54) is 5.56 Å². The van der Waals surface area contributed by atoms with Crippen LogP contribution in [0.15, 0.2) is 29.6 Å². The highest BCUT2D eigenvalue weighted by Gasteiger charge is 2.16. The molecule has 2 aromatic rings. The summed E-state index contributed by atoms with van der Waals surface area (Å²) in [6.45, 7) is 5.17. The minimum atomic E-state index is 0.168. The van der Waals surface area contributed by atoms with Gasteiger partial charge in [-0.25, -0.2) is 4.98 Å². The van der Waals surface area contributed by atoms with Crippen molar-refractivity contribution < 1.29 is 0 Å². The standard InChI is InChI=1S/C14H17ClN2S/c1-3-8-16-13(14-17-10(2)9-18-14)11-4-6-12(15)7-5-11/h4-7,9,13,16H,3,8H2,1-2H3. The number of nitrogens with zero attached hydrogens (tertiary/aromatic N) is 1. The minimum Gasteiger partial charge on any atom is -0.304 e. The van der Waals surface area contributed by atoms with Gasteiger partial charge in [-0.05, 0) is 37.6 Å². The Morgan fingerprint density at radius 1 is 1.33 bits per heavy atom. The number of halogens is 1. The molecular formula is C14H17ClN2S. The molecule has 0 amide bonds. The molecule has 1 heterocycles. The van der Waals surface area contributed by atoms with Crippen LogP contribution in [0.3, 0.4) is 0 Å². The van der Waals surface area contributed by atoms with Crippen LogP contribution in [0.1, 0.15) is 35.7 Å². The smallest absolute Gasteiger partial charge is 0.114 e. The largest absolute Gasteiger partial charge is 0.304 e. The fourth-order valence-electron chi connectivity index (χ4n) is 1.80. The molecule has 0 aliphatic rings. The summed E-state index contributed by atoms with van der Waals surface area (Å²) in [4.78, 5) is 4.59. The lowest BCUT2D eigenvalue weighted by Crippen LogP contribution is -2.23. The lowest BCUT2D eigenvalue weighted by Gasteiger charge is -2.16.